The zero-order valence-electron chi connectivity index (χ0n) is 13.8. The molecule has 6 nitrogen and oxygen atoms in total. The van der Waals surface area contributed by atoms with Gasteiger partial charge in [-0.2, -0.15) is 0 Å². The molecule has 2 aromatic carbocycles. The summed E-state index contributed by atoms with van der Waals surface area (Å²) in [7, 11) is 0. The third-order valence-corrected chi connectivity index (χ3v) is 3.65. The number of carbonyl (C=O) groups is 2. The summed E-state index contributed by atoms with van der Waals surface area (Å²) < 4.78 is 5.73. The van der Waals surface area contributed by atoms with Crippen molar-refractivity contribution in [3.05, 3.63) is 89.7 Å². The number of hydrogen-bond acceptors (Lipinski definition) is 4. The fraction of sp³-hybridized carbons (Fsp3) is 0.0500. The number of ether oxygens (including phenoxy) is 1. The number of rotatable bonds is 6. The van der Waals surface area contributed by atoms with Gasteiger partial charge in [0, 0.05) is 17.4 Å². The molecule has 0 spiro atoms. The van der Waals surface area contributed by atoms with Gasteiger partial charge < -0.3 is 15.2 Å². The lowest BCUT2D eigenvalue weighted by molar-refractivity contribution is 0.0690. The lowest BCUT2D eigenvalue weighted by Crippen LogP contribution is -2.14. The van der Waals surface area contributed by atoms with E-state index in [-0.39, 0.29) is 17.2 Å². The Kier molecular flexibility index (Phi) is 5.24. The first-order chi connectivity index (χ1) is 12.6. The minimum atomic E-state index is -1.14. The van der Waals surface area contributed by atoms with Gasteiger partial charge in [0.2, 0.25) is 0 Å². The second kappa shape index (κ2) is 7.94. The molecule has 0 radical (unpaired) electrons. The van der Waals surface area contributed by atoms with E-state index in [1.807, 2.05) is 48.5 Å². The summed E-state index contributed by atoms with van der Waals surface area (Å²) in [5, 5.41) is 11.7. The summed E-state index contributed by atoms with van der Waals surface area (Å²) >= 11 is 0. The van der Waals surface area contributed by atoms with E-state index >= 15 is 0 Å². The Hall–Kier alpha value is -3.67. The van der Waals surface area contributed by atoms with Crippen LogP contribution in [0.2, 0.25) is 0 Å². The Balaban J connectivity index is 1.71. The number of pyridine rings is 1. The largest absolute Gasteiger partial charge is 0.489 e. The predicted molar refractivity (Wildman–Crippen MR) is 96.4 cm³/mol. The van der Waals surface area contributed by atoms with Crippen LogP contribution in [0.25, 0.3) is 0 Å². The number of anilines is 1. The summed E-state index contributed by atoms with van der Waals surface area (Å²) in [6.45, 7) is 0.302. The molecule has 1 amide bonds. The summed E-state index contributed by atoms with van der Waals surface area (Å²) in [5.74, 6) is -0.774. The molecule has 0 saturated heterocycles. The van der Waals surface area contributed by atoms with Crippen LogP contribution in [-0.4, -0.2) is 22.0 Å². The Labute approximate surface area is 150 Å². The van der Waals surface area contributed by atoms with Crippen molar-refractivity contribution < 1.29 is 19.4 Å². The first-order valence-corrected chi connectivity index (χ1v) is 7.90. The van der Waals surface area contributed by atoms with Crippen LogP contribution in [0.3, 0.4) is 0 Å². The molecule has 6 heteroatoms. The maximum atomic E-state index is 12.4. The van der Waals surface area contributed by atoms with Crippen LogP contribution in [0.15, 0.2) is 72.9 Å². The highest BCUT2D eigenvalue weighted by molar-refractivity contribution is 6.04. The second-order valence-corrected chi connectivity index (χ2v) is 5.45. The molecule has 0 aliphatic carbocycles. The normalized spacial score (nSPS) is 10.2. The molecular formula is C20H16N2O4. The SMILES string of the molecule is O=C(Nc1ccccc1COc1ccccc1)c1ccc(C(=O)O)nc1. The van der Waals surface area contributed by atoms with Gasteiger partial charge in [0.1, 0.15) is 18.1 Å². The molecule has 3 rings (SSSR count). The van der Waals surface area contributed by atoms with Crippen molar-refractivity contribution in [3.63, 3.8) is 0 Å². The lowest BCUT2D eigenvalue weighted by atomic mass is 10.1. The molecule has 0 aliphatic rings. The van der Waals surface area contributed by atoms with Gasteiger partial charge in [-0.05, 0) is 30.3 Å². The zero-order chi connectivity index (χ0) is 18.4. The molecule has 1 heterocycles. The fourth-order valence-electron chi connectivity index (χ4n) is 2.30. The maximum Gasteiger partial charge on any atom is 0.354 e. The predicted octanol–water partition coefficient (Wildman–Crippen LogP) is 3.61. The van der Waals surface area contributed by atoms with Crippen molar-refractivity contribution in [3.8, 4) is 5.75 Å². The quantitative estimate of drug-likeness (QED) is 0.710. The van der Waals surface area contributed by atoms with Gasteiger partial charge in [-0.3, -0.25) is 4.79 Å². The van der Waals surface area contributed by atoms with E-state index in [9.17, 15) is 9.59 Å². The Bertz CT molecular complexity index is 909. The van der Waals surface area contributed by atoms with Crippen LogP contribution >= 0.6 is 0 Å². The smallest absolute Gasteiger partial charge is 0.354 e. The summed E-state index contributed by atoms with van der Waals surface area (Å²) in [6.07, 6.45) is 1.24. The number of aromatic nitrogens is 1. The van der Waals surface area contributed by atoms with Crippen molar-refractivity contribution in [1.82, 2.24) is 4.98 Å². The molecule has 0 bridgehead atoms. The van der Waals surface area contributed by atoms with E-state index in [0.717, 1.165) is 11.3 Å². The van der Waals surface area contributed by atoms with Gasteiger partial charge in [-0.15, -0.1) is 0 Å². The number of amides is 1. The van der Waals surface area contributed by atoms with Crippen molar-refractivity contribution in [1.29, 1.82) is 0 Å². The molecule has 0 atom stereocenters. The molecule has 3 aromatic rings. The third kappa shape index (κ3) is 4.24. The number of benzene rings is 2. The molecule has 0 unspecified atom stereocenters. The molecule has 0 aliphatic heterocycles. The van der Waals surface area contributed by atoms with Crippen molar-refractivity contribution >= 4 is 17.6 Å². The molecule has 130 valence electrons. The second-order valence-electron chi connectivity index (χ2n) is 5.45. The summed E-state index contributed by atoms with van der Waals surface area (Å²) in [6, 6.07) is 19.4. The highest BCUT2D eigenvalue weighted by Gasteiger charge is 2.11. The van der Waals surface area contributed by atoms with Crippen LogP contribution in [0.1, 0.15) is 26.4 Å². The third-order valence-electron chi connectivity index (χ3n) is 3.65. The van der Waals surface area contributed by atoms with E-state index in [1.165, 1.54) is 18.3 Å². The summed E-state index contributed by atoms with van der Waals surface area (Å²) in [4.78, 5) is 27.0. The van der Waals surface area contributed by atoms with Crippen molar-refractivity contribution in [2.24, 2.45) is 0 Å². The average Bonchev–Trinajstić information content (AvgIpc) is 2.68. The first kappa shape index (κ1) is 17.2. The molecule has 1 aromatic heterocycles. The minimum absolute atomic E-state index is 0.113. The van der Waals surface area contributed by atoms with Crippen molar-refractivity contribution in [2.45, 2.75) is 6.61 Å². The summed E-state index contributed by atoms with van der Waals surface area (Å²) in [5.41, 5.74) is 1.60. The van der Waals surface area contributed by atoms with Crippen LogP contribution in [-0.2, 0) is 6.61 Å². The van der Waals surface area contributed by atoms with E-state index in [1.54, 1.807) is 6.07 Å². The van der Waals surface area contributed by atoms with Crippen LogP contribution < -0.4 is 10.1 Å². The van der Waals surface area contributed by atoms with E-state index < -0.39 is 5.97 Å². The van der Waals surface area contributed by atoms with Gasteiger partial charge in [0.05, 0.1) is 5.56 Å². The monoisotopic (exact) mass is 348 g/mol. The molecular weight excluding hydrogens is 332 g/mol. The van der Waals surface area contributed by atoms with Gasteiger partial charge >= 0.3 is 5.97 Å². The van der Waals surface area contributed by atoms with E-state index in [2.05, 4.69) is 10.3 Å². The Morgan fingerprint density at radius 3 is 2.38 bits per heavy atom. The topological polar surface area (TPSA) is 88.5 Å². The number of carboxylic acids is 1. The number of aromatic carboxylic acids is 1. The van der Waals surface area contributed by atoms with Crippen LogP contribution in [0.4, 0.5) is 5.69 Å². The zero-order valence-corrected chi connectivity index (χ0v) is 13.8. The number of carbonyl (C=O) groups excluding carboxylic acids is 1. The average molecular weight is 348 g/mol. The lowest BCUT2D eigenvalue weighted by Gasteiger charge is -2.12. The van der Waals surface area contributed by atoms with Gasteiger partial charge in [0.15, 0.2) is 0 Å². The number of nitrogens with one attached hydrogen (secondary N) is 1. The molecule has 0 fully saturated rings. The van der Waals surface area contributed by atoms with Crippen LogP contribution in [0, 0.1) is 0 Å². The number of hydrogen-bond donors (Lipinski definition) is 2. The van der Waals surface area contributed by atoms with Crippen LogP contribution in [0.5, 0.6) is 5.75 Å². The van der Waals surface area contributed by atoms with Gasteiger partial charge in [0.25, 0.3) is 5.91 Å². The standard InChI is InChI=1S/C20H16N2O4/c23-19(14-10-11-18(20(24)25)21-12-14)22-17-9-5-4-6-15(17)13-26-16-7-2-1-3-8-16/h1-12H,13H2,(H,22,23)(H,24,25). The van der Waals surface area contributed by atoms with E-state index in [4.69, 9.17) is 9.84 Å². The first-order valence-electron chi connectivity index (χ1n) is 7.90. The van der Waals surface area contributed by atoms with Gasteiger partial charge in [-0.25, -0.2) is 9.78 Å². The van der Waals surface area contributed by atoms with Gasteiger partial charge in [-0.1, -0.05) is 36.4 Å². The Morgan fingerprint density at radius 1 is 0.962 bits per heavy atom. The highest BCUT2D eigenvalue weighted by atomic mass is 16.5. The van der Waals surface area contributed by atoms with E-state index in [0.29, 0.717) is 12.3 Å². The fourth-order valence-corrected chi connectivity index (χ4v) is 2.30. The molecule has 26 heavy (non-hydrogen) atoms. The maximum absolute atomic E-state index is 12.4. The highest BCUT2D eigenvalue weighted by Crippen LogP contribution is 2.19. The van der Waals surface area contributed by atoms with Crippen molar-refractivity contribution in [2.75, 3.05) is 5.32 Å². The Morgan fingerprint density at radius 2 is 1.69 bits per heavy atom. The number of para-hydroxylation sites is 2. The molecule has 2 N–H and O–H groups in total. The number of nitrogens with zero attached hydrogens (tertiary/aromatic N) is 1. The number of carboxylic acid groups (broad SMARTS) is 1. The minimum Gasteiger partial charge on any atom is -0.489 e. The molecule has 0 saturated carbocycles.